The lowest BCUT2D eigenvalue weighted by Crippen LogP contribution is -2.02. The Morgan fingerprint density at radius 1 is 1.47 bits per heavy atom. The van der Waals surface area contributed by atoms with E-state index in [1.165, 1.54) is 17.2 Å². The van der Waals surface area contributed by atoms with Gasteiger partial charge in [0, 0.05) is 0 Å². The number of aromatic nitrogens is 4. The predicted octanol–water partition coefficient (Wildman–Crippen LogP) is 0.879. The van der Waals surface area contributed by atoms with Gasteiger partial charge in [-0.25, -0.2) is 9.67 Å². The average Bonchev–Trinajstić information content (AvgIpc) is 2.65. The number of hydrogen-bond acceptors (Lipinski definition) is 5. The van der Waals surface area contributed by atoms with Gasteiger partial charge < -0.3 is 10.1 Å². The third kappa shape index (κ3) is 1.66. The lowest BCUT2D eigenvalue weighted by Gasteiger charge is -1.99. The van der Waals surface area contributed by atoms with Crippen LogP contribution in [0.4, 0.5) is 5.82 Å². The van der Waals surface area contributed by atoms with Crippen LogP contribution in [0.25, 0.3) is 5.69 Å². The zero-order valence-corrected chi connectivity index (χ0v) is 7.86. The van der Waals surface area contributed by atoms with E-state index in [2.05, 4.69) is 15.1 Å². The number of nitro groups is 1. The maximum atomic E-state index is 10.7. The molecule has 0 unspecified atom stereocenters. The number of pyridine rings is 1. The number of aryl methyl sites for hydroxylation is 1. The largest absolute Gasteiger partial charge is 0.389 e. The molecule has 2 aromatic heterocycles. The molecule has 0 bridgehead atoms. The van der Waals surface area contributed by atoms with Crippen LogP contribution < -0.4 is 0 Å². The average molecular weight is 205 g/mol. The molecule has 76 valence electrons. The highest BCUT2D eigenvalue weighted by Crippen LogP contribution is 2.17. The van der Waals surface area contributed by atoms with Gasteiger partial charge in [-0.05, 0) is 29.0 Å². The van der Waals surface area contributed by atoms with Crippen molar-refractivity contribution in [3.63, 3.8) is 0 Å². The highest BCUT2D eigenvalue weighted by atomic mass is 16.6. The van der Waals surface area contributed by atoms with Crippen LogP contribution in [0.1, 0.15) is 5.82 Å². The van der Waals surface area contributed by atoms with Crippen LogP contribution >= 0.6 is 0 Å². The molecule has 0 N–H and O–H groups in total. The summed E-state index contributed by atoms with van der Waals surface area (Å²) in [5.74, 6) is 0.315. The topological polar surface area (TPSA) is 86.7 Å². The second-order valence-electron chi connectivity index (χ2n) is 2.84. The molecule has 2 rings (SSSR count). The highest BCUT2D eigenvalue weighted by Gasteiger charge is 2.16. The Labute approximate surface area is 84.6 Å². The van der Waals surface area contributed by atoms with Gasteiger partial charge in [-0.15, -0.1) is 0 Å². The summed E-state index contributed by atoms with van der Waals surface area (Å²) in [7, 11) is 0. The van der Waals surface area contributed by atoms with E-state index in [9.17, 15) is 10.1 Å². The Balaban J connectivity index is 2.57. The van der Waals surface area contributed by atoms with E-state index in [1.807, 2.05) is 0 Å². The van der Waals surface area contributed by atoms with Gasteiger partial charge in [-0.3, -0.25) is 0 Å². The van der Waals surface area contributed by atoms with E-state index >= 15 is 0 Å². The molecule has 0 aliphatic carbocycles. The van der Waals surface area contributed by atoms with Crippen molar-refractivity contribution in [1.29, 1.82) is 0 Å². The molecular weight excluding hydrogens is 198 g/mol. The minimum Gasteiger partial charge on any atom is -0.358 e. The summed E-state index contributed by atoms with van der Waals surface area (Å²) in [5, 5.41) is 14.7. The van der Waals surface area contributed by atoms with Crippen LogP contribution in [0, 0.1) is 17.0 Å². The Kier molecular flexibility index (Phi) is 2.13. The minimum atomic E-state index is -0.549. The van der Waals surface area contributed by atoms with Crippen LogP contribution in [0.3, 0.4) is 0 Å². The van der Waals surface area contributed by atoms with Crippen LogP contribution in [-0.2, 0) is 0 Å². The maximum absolute atomic E-state index is 10.7. The smallest absolute Gasteiger partial charge is 0.358 e. The summed E-state index contributed by atoms with van der Waals surface area (Å²) in [4.78, 5) is 17.7. The number of hydrogen-bond donors (Lipinski definition) is 0. The van der Waals surface area contributed by atoms with Crippen LogP contribution in [0.2, 0.25) is 0 Å². The highest BCUT2D eigenvalue weighted by molar-refractivity contribution is 5.45. The van der Waals surface area contributed by atoms with Gasteiger partial charge in [0.1, 0.15) is 18.3 Å². The Morgan fingerprint density at radius 2 is 2.27 bits per heavy atom. The van der Waals surface area contributed by atoms with Crippen molar-refractivity contribution >= 4 is 5.82 Å². The van der Waals surface area contributed by atoms with Crippen molar-refractivity contribution in [3.05, 3.63) is 40.6 Å². The predicted molar refractivity (Wildman–Crippen MR) is 50.5 cm³/mol. The van der Waals surface area contributed by atoms with Gasteiger partial charge in [0.2, 0.25) is 0 Å². The van der Waals surface area contributed by atoms with E-state index in [0.29, 0.717) is 11.5 Å². The van der Waals surface area contributed by atoms with Crippen molar-refractivity contribution in [2.24, 2.45) is 0 Å². The minimum absolute atomic E-state index is 0.234. The summed E-state index contributed by atoms with van der Waals surface area (Å²) in [5.41, 5.74) is 0.308. The molecule has 7 heteroatoms. The molecule has 0 amide bonds. The zero-order valence-electron chi connectivity index (χ0n) is 7.86. The molecule has 0 aliphatic rings. The van der Waals surface area contributed by atoms with Crippen molar-refractivity contribution in [2.45, 2.75) is 6.92 Å². The summed E-state index contributed by atoms with van der Waals surface area (Å²) in [6, 6.07) is 3.18. The first-order chi connectivity index (χ1) is 7.18. The van der Waals surface area contributed by atoms with Crippen molar-refractivity contribution in [3.8, 4) is 5.69 Å². The molecule has 2 aromatic rings. The third-order valence-electron chi connectivity index (χ3n) is 1.79. The van der Waals surface area contributed by atoms with Gasteiger partial charge in [0.25, 0.3) is 0 Å². The SMILES string of the molecule is Cc1ncn(-c2cccnc2[N+](=O)[O-])n1. The second-order valence-corrected chi connectivity index (χ2v) is 2.84. The van der Waals surface area contributed by atoms with E-state index in [-0.39, 0.29) is 5.82 Å². The Morgan fingerprint density at radius 3 is 2.87 bits per heavy atom. The molecule has 7 nitrogen and oxygen atoms in total. The van der Waals surface area contributed by atoms with Crippen LogP contribution in [0.5, 0.6) is 0 Å². The Bertz CT molecular complexity index is 507. The van der Waals surface area contributed by atoms with Gasteiger partial charge in [-0.2, -0.15) is 5.10 Å². The molecular formula is C8H7N5O2. The quantitative estimate of drug-likeness (QED) is 0.536. The molecule has 0 saturated heterocycles. The molecule has 0 aromatic carbocycles. The summed E-state index contributed by atoms with van der Waals surface area (Å²) in [6.07, 6.45) is 2.78. The summed E-state index contributed by atoms with van der Waals surface area (Å²) >= 11 is 0. The zero-order chi connectivity index (χ0) is 10.8. The van der Waals surface area contributed by atoms with Crippen molar-refractivity contribution < 1.29 is 4.92 Å². The van der Waals surface area contributed by atoms with Crippen molar-refractivity contribution in [1.82, 2.24) is 19.7 Å². The molecule has 0 saturated carbocycles. The molecule has 0 fully saturated rings. The fourth-order valence-electron chi connectivity index (χ4n) is 1.17. The standard InChI is InChI=1S/C8H7N5O2/c1-6-10-5-12(11-6)7-3-2-4-9-8(7)13(14)15/h2-5H,1H3. The summed E-state index contributed by atoms with van der Waals surface area (Å²) in [6.45, 7) is 1.71. The van der Waals surface area contributed by atoms with Crippen LogP contribution in [-0.4, -0.2) is 24.7 Å². The molecule has 0 aliphatic heterocycles. The van der Waals surface area contributed by atoms with E-state index < -0.39 is 4.92 Å². The fraction of sp³-hybridized carbons (Fsp3) is 0.125. The molecule has 15 heavy (non-hydrogen) atoms. The maximum Gasteiger partial charge on any atom is 0.389 e. The Hall–Kier alpha value is -2.31. The molecule has 0 radical (unpaired) electrons. The molecule has 0 spiro atoms. The van der Waals surface area contributed by atoms with E-state index in [1.54, 1.807) is 19.1 Å². The van der Waals surface area contributed by atoms with Gasteiger partial charge in [-0.1, -0.05) is 0 Å². The number of rotatable bonds is 2. The lowest BCUT2D eigenvalue weighted by molar-refractivity contribution is -0.389. The summed E-state index contributed by atoms with van der Waals surface area (Å²) < 4.78 is 1.33. The first-order valence-corrected chi connectivity index (χ1v) is 4.16. The van der Waals surface area contributed by atoms with Crippen LogP contribution in [0.15, 0.2) is 24.7 Å². The van der Waals surface area contributed by atoms with Gasteiger partial charge in [0.05, 0.1) is 0 Å². The fourth-order valence-corrected chi connectivity index (χ4v) is 1.17. The molecule has 2 heterocycles. The number of nitrogens with zero attached hydrogens (tertiary/aromatic N) is 5. The first-order valence-electron chi connectivity index (χ1n) is 4.16. The molecule has 0 atom stereocenters. The van der Waals surface area contributed by atoms with Gasteiger partial charge in [0.15, 0.2) is 5.69 Å². The first kappa shape index (κ1) is 9.25. The van der Waals surface area contributed by atoms with E-state index in [0.717, 1.165) is 0 Å². The van der Waals surface area contributed by atoms with E-state index in [4.69, 9.17) is 0 Å². The normalized spacial score (nSPS) is 10.2. The lowest BCUT2D eigenvalue weighted by atomic mass is 10.4. The third-order valence-corrected chi connectivity index (χ3v) is 1.79. The van der Waals surface area contributed by atoms with Gasteiger partial charge >= 0.3 is 5.82 Å². The van der Waals surface area contributed by atoms with Crippen molar-refractivity contribution in [2.75, 3.05) is 0 Å². The monoisotopic (exact) mass is 205 g/mol. The second kappa shape index (κ2) is 3.45.